The molecule has 2 atom stereocenters. The van der Waals surface area contributed by atoms with Crippen LogP contribution < -0.4 is 0 Å². The monoisotopic (exact) mass is 460 g/mol. The van der Waals surface area contributed by atoms with E-state index in [1.807, 2.05) is 19.1 Å². The van der Waals surface area contributed by atoms with Gasteiger partial charge in [-0.15, -0.1) is 11.8 Å². The molecular formula is C27H40O4S. The standard InChI is InChI=1S/C27H40O4S/c1-17(2)11-12-27(20-9-7-8-10-20)15-22(29)24(25(30)31-27)32-23-13-18(3)19(16-28)14-21(23)26(4,5)6/h13-14,17,20,24,28H,7-12,15-16H2,1-6H3. The average molecular weight is 461 g/mol. The molecule has 0 spiro atoms. The molecule has 1 aromatic carbocycles. The predicted molar refractivity (Wildman–Crippen MR) is 130 cm³/mol. The molecule has 0 bridgehead atoms. The summed E-state index contributed by atoms with van der Waals surface area (Å²) in [5, 5.41) is 8.91. The number of cyclic esters (lactones) is 1. The van der Waals surface area contributed by atoms with Crippen LogP contribution in [0.5, 0.6) is 0 Å². The zero-order valence-corrected chi connectivity index (χ0v) is 21.4. The normalized spacial score (nSPS) is 24.9. The van der Waals surface area contributed by atoms with Crippen molar-refractivity contribution in [1.29, 1.82) is 0 Å². The highest BCUT2D eigenvalue weighted by Gasteiger charge is 2.52. The summed E-state index contributed by atoms with van der Waals surface area (Å²) in [6.45, 7) is 12.6. The van der Waals surface area contributed by atoms with E-state index in [0.29, 0.717) is 18.3 Å². The van der Waals surface area contributed by atoms with Crippen LogP contribution in [0.25, 0.3) is 0 Å². The molecule has 1 aromatic rings. The average Bonchev–Trinajstić information content (AvgIpc) is 3.24. The summed E-state index contributed by atoms with van der Waals surface area (Å²) in [7, 11) is 0. The van der Waals surface area contributed by atoms with Crippen LogP contribution in [0.15, 0.2) is 17.0 Å². The minimum Gasteiger partial charge on any atom is -0.457 e. The summed E-state index contributed by atoms with van der Waals surface area (Å²) in [5.74, 6) is 0.448. The number of hydrogen-bond acceptors (Lipinski definition) is 5. The van der Waals surface area contributed by atoms with E-state index >= 15 is 0 Å². The smallest absolute Gasteiger partial charge is 0.327 e. The van der Waals surface area contributed by atoms with Crippen molar-refractivity contribution in [2.75, 3.05) is 0 Å². The summed E-state index contributed by atoms with van der Waals surface area (Å²) in [5.41, 5.74) is 2.11. The van der Waals surface area contributed by atoms with E-state index in [2.05, 4.69) is 34.6 Å². The van der Waals surface area contributed by atoms with E-state index in [1.165, 1.54) is 11.8 Å². The molecular weight excluding hydrogens is 420 g/mol. The van der Waals surface area contributed by atoms with Gasteiger partial charge in [0.25, 0.3) is 0 Å². The van der Waals surface area contributed by atoms with Crippen molar-refractivity contribution in [2.24, 2.45) is 11.8 Å². The number of aryl methyl sites for hydroxylation is 1. The third kappa shape index (κ3) is 5.41. The molecule has 1 saturated heterocycles. The Balaban J connectivity index is 1.88. The lowest BCUT2D eigenvalue weighted by atomic mass is 9.75. The fourth-order valence-electron chi connectivity index (χ4n) is 5.19. The Bertz CT molecular complexity index is 828. The molecule has 1 aliphatic heterocycles. The van der Waals surface area contributed by atoms with Gasteiger partial charge in [0.2, 0.25) is 0 Å². The number of carbonyl (C=O) groups is 2. The van der Waals surface area contributed by atoms with Crippen LogP contribution in [0.4, 0.5) is 0 Å². The first kappa shape index (κ1) is 25.3. The third-order valence-electron chi connectivity index (χ3n) is 7.19. The zero-order chi connectivity index (χ0) is 23.7. The van der Waals surface area contributed by atoms with Crippen LogP contribution in [0.3, 0.4) is 0 Å². The number of ketones is 1. The van der Waals surface area contributed by atoms with Gasteiger partial charge in [-0.25, -0.2) is 0 Å². The molecule has 2 unspecified atom stereocenters. The van der Waals surface area contributed by atoms with Crippen molar-refractivity contribution >= 4 is 23.5 Å². The maximum absolute atomic E-state index is 13.4. The van der Waals surface area contributed by atoms with Crippen molar-refractivity contribution < 1.29 is 19.4 Å². The second kappa shape index (κ2) is 9.89. The van der Waals surface area contributed by atoms with E-state index in [-0.39, 0.29) is 23.8 Å². The van der Waals surface area contributed by atoms with Gasteiger partial charge in [0.05, 0.1) is 6.61 Å². The van der Waals surface area contributed by atoms with Gasteiger partial charge in [-0.2, -0.15) is 0 Å². The number of benzene rings is 1. The molecule has 4 nitrogen and oxygen atoms in total. The number of aliphatic hydroxyl groups excluding tert-OH is 1. The first-order valence-electron chi connectivity index (χ1n) is 12.1. The molecule has 3 rings (SSSR count). The van der Waals surface area contributed by atoms with Crippen molar-refractivity contribution in [3.63, 3.8) is 0 Å². The lowest BCUT2D eigenvalue weighted by Gasteiger charge is -2.43. The van der Waals surface area contributed by atoms with Crippen molar-refractivity contribution in [3.05, 3.63) is 28.8 Å². The second-order valence-electron chi connectivity index (χ2n) is 11.2. The van der Waals surface area contributed by atoms with Crippen molar-refractivity contribution in [3.8, 4) is 0 Å². The molecule has 1 heterocycles. The van der Waals surface area contributed by atoms with Crippen LogP contribution in [0, 0.1) is 18.8 Å². The first-order chi connectivity index (χ1) is 15.0. The summed E-state index contributed by atoms with van der Waals surface area (Å²) < 4.78 is 6.24. The highest BCUT2D eigenvalue weighted by atomic mass is 32.2. The highest BCUT2D eigenvalue weighted by molar-refractivity contribution is 8.01. The van der Waals surface area contributed by atoms with Gasteiger partial charge >= 0.3 is 5.97 Å². The summed E-state index contributed by atoms with van der Waals surface area (Å²) in [4.78, 5) is 27.7. The molecule has 0 amide bonds. The molecule has 32 heavy (non-hydrogen) atoms. The Morgan fingerprint density at radius 1 is 1.19 bits per heavy atom. The molecule has 2 aliphatic rings. The van der Waals surface area contributed by atoms with Gasteiger partial charge in [-0.1, -0.05) is 53.5 Å². The first-order valence-corrected chi connectivity index (χ1v) is 13.0. The van der Waals surface area contributed by atoms with Gasteiger partial charge in [0.1, 0.15) is 5.60 Å². The van der Waals surface area contributed by atoms with Gasteiger partial charge < -0.3 is 9.84 Å². The lowest BCUT2D eigenvalue weighted by Crippen LogP contribution is -2.52. The van der Waals surface area contributed by atoms with Crippen LogP contribution in [0.1, 0.15) is 96.3 Å². The van der Waals surface area contributed by atoms with Crippen LogP contribution in [-0.2, 0) is 26.3 Å². The van der Waals surface area contributed by atoms with E-state index in [1.54, 1.807) is 0 Å². The minimum atomic E-state index is -0.816. The van der Waals surface area contributed by atoms with Gasteiger partial charge in [0, 0.05) is 11.3 Å². The molecule has 5 heteroatoms. The number of esters is 1. The fraction of sp³-hybridized carbons (Fsp3) is 0.704. The number of rotatable bonds is 7. The van der Waals surface area contributed by atoms with E-state index in [4.69, 9.17) is 4.74 Å². The second-order valence-corrected chi connectivity index (χ2v) is 12.4. The Morgan fingerprint density at radius 3 is 2.38 bits per heavy atom. The quantitative estimate of drug-likeness (QED) is 0.392. The molecule has 2 fully saturated rings. The highest BCUT2D eigenvalue weighted by Crippen LogP contribution is 2.47. The topological polar surface area (TPSA) is 63.6 Å². The Kier molecular flexibility index (Phi) is 7.81. The number of ether oxygens (including phenoxy) is 1. The molecule has 0 aromatic heterocycles. The van der Waals surface area contributed by atoms with Crippen LogP contribution >= 0.6 is 11.8 Å². The van der Waals surface area contributed by atoms with Crippen LogP contribution in [-0.4, -0.2) is 27.7 Å². The number of thioether (sulfide) groups is 1. The molecule has 0 radical (unpaired) electrons. The van der Waals surface area contributed by atoms with Crippen LogP contribution in [0.2, 0.25) is 0 Å². The van der Waals surface area contributed by atoms with E-state index in [9.17, 15) is 14.7 Å². The maximum Gasteiger partial charge on any atom is 0.327 e. The fourth-order valence-corrected chi connectivity index (χ4v) is 6.54. The largest absolute Gasteiger partial charge is 0.457 e. The number of hydrogen-bond donors (Lipinski definition) is 1. The minimum absolute atomic E-state index is 0.00523. The van der Waals surface area contributed by atoms with Crippen molar-refractivity contribution in [1.82, 2.24) is 0 Å². The number of aliphatic hydroxyl groups is 1. The van der Waals surface area contributed by atoms with E-state index < -0.39 is 10.9 Å². The molecule has 1 N–H and O–H groups in total. The SMILES string of the molecule is Cc1cc(SC2C(=O)CC(CCC(C)C)(C3CCCC3)OC2=O)c(C(C)(C)C)cc1CO. The summed E-state index contributed by atoms with van der Waals surface area (Å²) in [6, 6.07) is 4.02. The zero-order valence-electron chi connectivity index (χ0n) is 20.6. The number of carbonyl (C=O) groups excluding carboxylic acids is 2. The molecule has 1 aliphatic carbocycles. The predicted octanol–water partition coefficient (Wildman–Crippen LogP) is 6.13. The third-order valence-corrected chi connectivity index (χ3v) is 8.47. The van der Waals surface area contributed by atoms with E-state index in [0.717, 1.165) is 60.1 Å². The maximum atomic E-state index is 13.4. The summed E-state index contributed by atoms with van der Waals surface area (Å²) in [6.07, 6.45) is 6.49. The van der Waals surface area contributed by atoms with Gasteiger partial charge in [-0.05, 0) is 72.6 Å². The van der Waals surface area contributed by atoms with Crippen molar-refractivity contribution in [2.45, 2.75) is 114 Å². The Hall–Kier alpha value is -1.33. The summed E-state index contributed by atoms with van der Waals surface area (Å²) >= 11 is 1.33. The van der Waals surface area contributed by atoms with Gasteiger partial charge in [-0.3, -0.25) is 9.59 Å². The molecule has 1 saturated carbocycles. The Morgan fingerprint density at radius 2 is 1.84 bits per heavy atom. The lowest BCUT2D eigenvalue weighted by molar-refractivity contribution is -0.178. The molecule has 178 valence electrons. The Labute approximate surface area is 197 Å². The van der Waals surface area contributed by atoms with Gasteiger partial charge in [0.15, 0.2) is 11.0 Å². The number of Topliss-reactive ketones (excluding diaryl/α,β-unsaturated/α-hetero) is 1.